The number of rotatable bonds is 3. The second-order valence-electron chi connectivity index (χ2n) is 17.0. The predicted octanol–water partition coefficient (Wildman–Crippen LogP) is 18.5. The molecule has 2 heterocycles. The zero-order chi connectivity index (χ0) is 45.3. The molecule has 0 bridgehead atoms. The van der Waals surface area contributed by atoms with E-state index in [4.69, 9.17) is 4.40 Å². The van der Waals surface area contributed by atoms with Crippen molar-refractivity contribution < 1.29 is 0 Å². The molecule has 0 saturated heterocycles. The number of aliphatic imine (C=N–C) groups is 1. The minimum absolute atomic E-state index is 0.873. The molecule has 1 aliphatic heterocycles. The van der Waals surface area contributed by atoms with Gasteiger partial charge in [-0.25, -0.2) is 4.40 Å². The number of benzene rings is 9. The van der Waals surface area contributed by atoms with Crippen molar-refractivity contribution in [1.82, 2.24) is 0 Å². The van der Waals surface area contributed by atoms with E-state index < -0.39 is 0 Å². The molecule has 0 unspecified atom stereocenters. The summed E-state index contributed by atoms with van der Waals surface area (Å²) in [7, 11) is 0. The van der Waals surface area contributed by atoms with Crippen LogP contribution in [0, 0.1) is 13.8 Å². The van der Waals surface area contributed by atoms with Crippen LogP contribution in [0.5, 0.6) is 0 Å². The summed E-state index contributed by atoms with van der Waals surface area (Å²) in [5.74, 6) is 0. The monoisotopic (exact) mass is 886 g/mol. The third-order valence-corrected chi connectivity index (χ3v) is 14.9. The van der Waals surface area contributed by atoms with Crippen LogP contribution in [0.4, 0.5) is 0 Å². The smallest absolute Gasteiger partial charge is 0.100 e. The number of thiophene rings is 1. The normalized spacial score (nSPS) is 14.5. The van der Waals surface area contributed by atoms with Crippen LogP contribution in [0.1, 0.15) is 43.4 Å². The zero-order valence-electron chi connectivity index (χ0n) is 37.9. The Morgan fingerprint density at radius 1 is 0.591 bits per heavy atom. The molecule has 1 aliphatic carbocycles. The summed E-state index contributed by atoms with van der Waals surface area (Å²) >= 11 is 3.47. The summed E-state index contributed by atoms with van der Waals surface area (Å²) in [4.78, 5) is 5.84. The van der Waals surface area contributed by atoms with E-state index in [2.05, 4.69) is 190 Å². The first kappa shape index (κ1) is 42.8. The lowest BCUT2D eigenvalue weighted by molar-refractivity contribution is 0.960. The summed E-state index contributed by atoms with van der Waals surface area (Å²) in [5.41, 5.74) is 13.0. The average Bonchev–Trinajstić information content (AvgIpc) is 3.76. The maximum Gasteiger partial charge on any atom is 0.100 e. The first-order chi connectivity index (χ1) is 32.3. The van der Waals surface area contributed by atoms with Gasteiger partial charge < -0.3 is 0 Å². The Morgan fingerprint density at radius 2 is 1.26 bits per heavy atom. The van der Waals surface area contributed by atoms with E-state index in [1.54, 1.807) is 6.08 Å². The second-order valence-corrected chi connectivity index (χ2v) is 18.8. The predicted molar refractivity (Wildman–Crippen MR) is 294 cm³/mol. The van der Waals surface area contributed by atoms with Gasteiger partial charge in [0.25, 0.3) is 0 Å². The summed E-state index contributed by atoms with van der Waals surface area (Å²) in [6, 6.07) is 59.6. The standard InChI is InChI=1S/C42H28S.C17H16N2S.C3H6/c1-25-11-3-5-13-30(25)39-26(2)42-41(36-18-10-9-17-35(36)39)40-32-21-19-29(23-28(32)20-22-38(40)43-42)37-24-27-12-4-6-14-31(27)33-15-7-8-16-34(33)37;1-12-15-10-6-7-11-16(15)20-19-17(13(2)18-12)14-8-4-3-5-9-14;1-3-2/h3-24H,1-2H3;3-5,7-9,11H,1,6,10H2,2H3;3H,1H2,2H3/b;18-13?,19-17+;. The van der Waals surface area contributed by atoms with E-state index in [-0.39, 0.29) is 0 Å². The molecule has 0 N–H and O–H groups in total. The minimum atomic E-state index is 0.873. The van der Waals surface area contributed by atoms with Gasteiger partial charge in [-0.1, -0.05) is 170 Å². The van der Waals surface area contributed by atoms with Gasteiger partial charge in [0.2, 0.25) is 0 Å². The van der Waals surface area contributed by atoms with E-state index in [0.717, 1.165) is 35.5 Å². The topological polar surface area (TPSA) is 24.7 Å². The number of nitrogens with zero attached hydrogens (tertiary/aromatic N) is 2. The van der Waals surface area contributed by atoms with Crippen LogP contribution in [0.3, 0.4) is 0 Å². The largest absolute Gasteiger partial charge is 0.252 e. The average molecular weight is 887 g/mol. The Hall–Kier alpha value is -7.11. The third kappa shape index (κ3) is 7.81. The van der Waals surface area contributed by atoms with E-state index in [1.165, 1.54) is 119 Å². The van der Waals surface area contributed by atoms with E-state index in [9.17, 15) is 0 Å². The Balaban J connectivity index is 0.000000186. The highest BCUT2D eigenvalue weighted by Gasteiger charge is 2.21. The fourth-order valence-corrected chi connectivity index (χ4v) is 11.9. The lowest BCUT2D eigenvalue weighted by Crippen LogP contribution is -2.13. The Bertz CT molecular complexity index is 3690. The Labute approximate surface area is 395 Å². The first-order valence-electron chi connectivity index (χ1n) is 22.6. The van der Waals surface area contributed by atoms with Gasteiger partial charge in [-0.05, 0) is 141 Å². The van der Waals surface area contributed by atoms with Gasteiger partial charge in [0, 0.05) is 42.6 Å². The van der Waals surface area contributed by atoms with Gasteiger partial charge in [0.05, 0.1) is 11.4 Å². The van der Waals surface area contributed by atoms with Crippen LogP contribution in [0.25, 0.3) is 85.5 Å². The van der Waals surface area contributed by atoms with Crippen molar-refractivity contribution in [3.63, 3.8) is 0 Å². The zero-order valence-corrected chi connectivity index (χ0v) is 39.5. The highest BCUT2D eigenvalue weighted by molar-refractivity contribution is 8.02. The molecule has 10 aromatic rings. The minimum Gasteiger partial charge on any atom is -0.252 e. The number of fused-ring (bicyclic) bond motifs is 10. The molecule has 2 nitrogen and oxygen atoms in total. The molecule has 0 spiro atoms. The molecule has 0 fully saturated rings. The highest BCUT2D eigenvalue weighted by atomic mass is 32.2. The molecule has 2 aliphatic rings. The quantitative estimate of drug-likeness (QED) is 0.0985. The SMILES string of the molecule is C=C1N=C(C)/C(c2ccccc2)=N\SC2=C1CCC=C2.C=CC.Cc1ccccc1-c1c(C)c2sc3ccc4cc(-c5cc6ccccc6c6ccccc56)ccc4c3c2c2ccccc12. The van der Waals surface area contributed by atoms with Crippen LogP contribution in [-0.2, 0) is 0 Å². The fourth-order valence-electron chi connectivity index (χ4n) is 9.70. The molecule has 0 atom stereocenters. The van der Waals surface area contributed by atoms with Crippen molar-refractivity contribution in [3.8, 4) is 22.3 Å². The van der Waals surface area contributed by atoms with Gasteiger partial charge in [-0.3, -0.25) is 4.99 Å². The summed E-state index contributed by atoms with van der Waals surface area (Å²) < 4.78 is 7.45. The van der Waals surface area contributed by atoms with Crippen molar-refractivity contribution in [2.24, 2.45) is 9.39 Å². The van der Waals surface area contributed by atoms with Crippen LogP contribution in [0.2, 0.25) is 0 Å². The molecule has 4 heteroatoms. The second kappa shape index (κ2) is 18.4. The van der Waals surface area contributed by atoms with Crippen molar-refractivity contribution in [3.05, 3.63) is 228 Å². The van der Waals surface area contributed by atoms with Crippen molar-refractivity contribution in [2.75, 3.05) is 0 Å². The fraction of sp³-hybridized carbons (Fsp3) is 0.0968. The molecule has 0 amide bonds. The molecular formula is C62H50N2S2. The lowest BCUT2D eigenvalue weighted by atomic mass is 9.88. The molecular weight excluding hydrogens is 837 g/mol. The number of allylic oxidation sites excluding steroid dienone is 4. The van der Waals surface area contributed by atoms with Crippen molar-refractivity contribution >= 4 is 98.0 Å². The van der Waals surface area contributed by atoms with Crippen LogP contribution in [0.15, 0.2) is 221 Å². The van der Waals surface area contributed by atoms with Gasteiger partial charge in [-0.2, -0.15) is 0 Å². The van der Waals surface area contributed by atoms with E-state index >= 15 is 0 Å². The number of hydrogen-bond donors (Lipinski definition) is 0. The highest BCUT2D eigenvalue weighted by Crippen LogP contribution is 2.48. The van der Waals surface area contributed by atoms with E-state index in [0.29, 0.717) is 0 Å². The molecule has 9 aromatic carbocycles. The van der Waals surface area contributed by atoms with Crippen molar-refractivity contribution in [1.29, 1.82) is 0 Å². The van der Waals surface area contributed by atoms with E-state index in [1.807, 2.05) is 43.4 Å². The third-order valence-electron chi connectivity index (χ3n) is 12.7. The van der Waals surface area contributed by atoms with Gasteiger partial charge in [0.1, 0.15) is 5.71 Å². The Morgan fingerprint density at radius 3 is 2.05 bits per heavy atom. The molecule has 12 rings (SSSR count). The summed E-state index contributed by atoms with van der Waals surface area (Å²) in [5, 5.41) is 13.2. The first-order valence-corrected chi connectivity index (χ1v) is 24.2. The molecule has 0 saturated carbocycles. The molecule has 66 heavy (non-hydrogen) atoms. The van der Waals surface area contributed by atoms with Crippen LogP contribution >= 0.6 is 23.3 Å². The molecule has 1 aromatic heterocycles. The number of hydrogen-bond acceptors (Lipinski definition) is 4. The lowest BCUT2D eigenvalue weighted by Gasteiger charge is -2.18. The molecule has 320 valence electrons. The number of aryl methyl sites for hydroxylation is 2. The van der Waals surface area contributed by atoms with Crippen LogP contribution < -0.4 is 0 Å². The Kier molecular flexibility index (Phi) is 11.9. The van der Waals surface area contributed by atoms with Gasteiger partial charge in [0.15, 0.2) is 0 Å². The van der Waals surface area contributed by atoms with Crippen molar-refractivity contribution in [2.45, 2.75) is 40.5 Å². The summed E-state index contributed by atoms with van der Waals surface area (Å²) in [6.07, 6.45) is 8.14. The maximum absolute atomic E-state index is 4.71. The summed E-state index contributed by atoms with van der Waals surface area (Å²) in [6.45, 7) is 15.9. The van der Waals surface area contributed by atoms with Gasteiger partial charge in [-0.15, -0.1) is 17.9 Å². The molecule has 0 radical (unpaired) electrons. The maximum atomic E-state index is 4.71. The van der Waals surface area contributed by atoms with Gasteiger partial charge >= 0.3 is 0 Å². The van der Waals surface area contributed by atoms with Crippen LogP contribution in [-0.4, -0.2) is 11.4 Å².